The molecule has 1 saturated heterocycles. The summed E-state index contributed by atoms with van der Waals surface area (Å²) in [6.07, 6.45) is 3.03. The average Bonchev–Trinajstić information content (AvgIpc) is 3.00. The number of anilines is 1. The van der Waals surface area contributed by atoms with Gasteiger partial charge in [-0.15, -0.1) is 0 Å². The quantitative estimate of drug-likeness (QED) is 0.739. The Morgan fingerprint density at radius 3 is 2.62 bits per heavy atom. The van der Waals surface area contributed by atoms with Gasteiger partial charge < -0.3 is 16.0 Å². The maximum Gasteiger partial charge on any atom is 0.224 e. The maximum atomic E-state index is 11.9. The monoisotopic (exact) mass is 289 g/mol. The molecule has 0 spiro atoms. The highest BCUT2D eigenvalue weighted by Crippen LogP contribution is 2.16. The Labute approximate surface area is 125 Å². The Morgan fingerprint density at radius 1 is 1.24 bits per heavy atom. The summed E-state index contributed by atoms with van der Waals surface area (Å²) in [5.74, 6) is 0.670. The summed E-state index contributed by atoms with van der Waals surface area (Å²) in [6, 6.07) is 7.41. The molecule has 0 aliphatic carbocycles. The van der Waals surface area contributed by atoms with Crippen molar-refractivity contribution in [2.45, 2.75) is 25.7 Å². The van der Waals surface area contributed by atoms with Gasteiger partial charge in [-0.25, -0.2) is 0 Å². The number of amides is 2. The number of benzene rings is 1. The summed E-state index contributed by atoms with van der Waals surface area (Å²) in [5.41, 5.74) is 1.72. The van der Waals surface area contributed by atoms with E-state index in [0.717, 1.165) is 30.8 Å². The molecule has 5 heteroatoms. The normalized spacial score (nSPS) is 17.5. The molecular formula is C16H23N3O2. The summed E-state index contributed by atoms with van der Waals surface area (Å²) in [5, 5.41) is 8.80. The molecule has 2 amide bonds. The molecule has 21 heavy (non-hydrogen) atoms. The molecular weight excluding hydrogens is 266 g/mol. The number of carbonyl (C=O) groups is 2. The zero-order valence-electron chi connectivity index (χ0n) is 12.4. The number of hydrogen-bond acceptors (Lipinski definition) is 3. The van der Waals surface area contributed by atoms with Crippen molar-refractivity contribution in [3.63, 3.8) is 0 Å². The molecule has 5 nitrogen and oxygen atoms in total. The number of likely N-dealkylation sites (N-methyl/N-ethyl adjacent to an activating group) is 1. The first-order chi connectivity index (χ1) is 10.2. The van der Waals surface area contributed by atoms with Crippen molar-refractivity contribution in [3.05, 3.63) is 29.8 Å². The van der Waals surface area contributed by atoms with Crippen LogP contribution in [-0.2, 0) is 16.0 Å². The SMILES string of the molecule is CNC(=O)Cc1ccc(NC(=O)CCC2CCNC2)cc1. The van der Waals surface area contributed by atoms with Gasteiger partial charge in [0, 0.05) is 19.2 Å². The third kappa shape index (κ3) is 5.19. The van der Waals surface area contributed by atoms with Gasteiger partial charge in [-0.3, -0.25) is 9.59 Å². The van der Waals surface area contributed by atoms with E-state index >= 15 is 0 Å². The molecule has 1 atom stereocenters. The lowest BCUT2D eigenvalue weighted by Crippen LogP contribution is -2.19. The Bertz CT molecular complexity index is 479. The molecule has 3 N–H and O–H groups in total. The minimum Gasteiger partial charge on any atom is -0.359 e. The van der Waals surface area contributed by atoms with Gasteiger partial charge in [0.25, 0.3) is 0 Å². The lowest BCUT2D eigenvalue weighted by molar-refractivity contribution is -0.120. The molecule has 0 bridgehead atoms. The second kappa shape index (κ2) is 7.78. The van der Waals surface area contributed by atoms with Gasteiger partial charge in [-0.1, -0.05) is 12.1 Å². The fourth-order valence-corrected chi connectivity index (χ4v) is 2.50. The number of hydrogen-bond donors (Lipinski definition) is 3. The third-order valence-corrected chi connectivity index (χ3v) is 3.82. The summed E-state index contributed by atoms with van der Waals surface area (Å²) < 4.78 is 0. The summed E-state index contributed by atoms with van der Waals surface area (Å²) in [4.78, 5) is 23.2. The van der Waals surface area contributed by atoms with E-state index < -0.39 is 0 Å². The van der Waals surface area contributed by atoms with Crippen molar-refractivity contribution in [3.8, 4) is 0 Å². The second-order valence-electron chi connectivity index (χ2n) is 5.49. The Hall–Kier alpha value is -1.88. The highest BCUT2D eigenvalue weighted by molar-refractivity contribution is 5.90. The van der Waals surface area contributed by atoms with E-state index in [-0.39, 0.29) is 11.8 Å². The molecule has 1 aliphatic rings. The van der Waals surface area contributed by atoms with E-state index in [9.17, 15) is 9.59 Å². The van der Waals surface area contributed by atoms with Gasteiger partial charge in [0.15, 0.2) is 0 Å². The highest BCUT2D eigenvalue weighted by Gasteiger charge is 2.15. The van der Waals surface area contributed by atoms with Crippen LogP contribution >= 0.6 is 0 Å². The van der Waals surface area contributed by atoms with E-state index in [2.05, 4.69) is 16.0 Å². The van der Waals surface area contributed by atoms with Gasteiger partial charge in [0.2, 0.25) is 11.8 Å². The largest absolute Gasteiger partial charge is 0.359 e. The fourth-order valence-electron chi connectivity index (χ4n) is 2.50. The summed E-state index contributed by atoms with van der Waals surface area (Å²) >= 11 is 0. The van der Waals surface area contributed by atoms with E-state index in [4.69, 9.17) is 0 Å². The van der Waals surface area contributed by atoms with Crippen molar-refractivity contribution >= 4 is 17.5 Å². The van der Waals surface area contributed by atoms with Crippen LogP contribution in [0.25, 0.3) is 0 Å². The molecule has 0 saturated carbocycles. The molecule has 1 unspecified atom stereocenters. The van der Waals surface area contributed by atoms with Crippen LogP contribution < -0.4 is 16.0 Å². The molecule has 1 aliphatic heterocycles. The lowest BCUT2D eigenvalue weighted by Gasteiger charge is -2.09. The molecule has 1 fully saturated rings. The van der Waals surface area contributed by atoms with Crippen molar-refractivity contribution < 1.29 is 9.59 Å². The fraction of sp³-hybridized carbons (Fsp3) is 0.500. The minimum absolute atomic E-state index is 0.0167. The van der Waals surface area contributed by atoms with Gasteiger partial charge >= 0.3 is 0 Å². The molecule has 0 radical (unpaired) electrons. The molecule has 1 aromatic rings. The van der Waals surface area contributed by atoms with Crippen LogP contribution in [0, 0.1) is 5.92 Å². The van der Waals surface area contributed by atoms with Crippen LogP contribution in [0.5, 0.6) is 0 Å². The van der Waals surface area contributed by atoms with Crippen molar-refractivity contribution in [1.82, 2.24) is 10.6 Å². The van der Waals surface area contributed by atoms with Crippen LogP contribution in [0.15, 0.2) is 24.3 Å². The average molecular weight is 289 g/mol. The first-order valence-corrected chi connectivity index (χ1v) is 7.47. The Kier molecular flexibility index (Phi) is 5.75. The van der Waals surface area contributed by atoms with Gasteiger partial charge in [0.05, 0.1) is 6.42 Å². The van der Waals surface area contributed by atoms with Crippen molar-refractivity contribution in [2.24, 2.45) is 5.92 Å². The number of carbonyl (C=O) groups excluding carboxylic acids is 2. The third-order valence-electron chi connectivity index (χ3n) is 3.82. The van der Waals surface area contributed by atoms with Crippen LogP contribution in [0.3, 0.4) is 0 Å². The van der Waals surface area contributed by atoms with Crippen molar-refractivity contribution in [1.29, 1.82) is 0 Å². The number of nitrogens with one attached hydrogen (secondary N) is 3. The number of rotatable bonds is 6. The zero-order chi connectivity index (χ0) is 15.1. The van der Waals surface area contributed by atoms with Crippen LogP contribution in [0.2, 0.25) is 0 Å². The van der Waals surface area contributed by atoms with E-state index in [1.807, 2.05) is 24.3 Å². The summed E-state index contributed by atoms with van der Waals surface area (Å²) in [6.45, 7) is 2.10. The standard InChI is InChI=1S/C16H23N3O2/c1-17-16(21)10-12-2-5-14(6-3-12)19-15(20)7-4-13-8-9-18-11-13/h2-3,5-6,13,18H,4,7-11H2,1H3,(H,17,21)(H,19,20). The highest BCUT2D eigenvalue weighted by atomic mass is 16.2. The molecule has 114 valence electrons. The van der Waals surface area contributed by atoms with Gasteiger partial charge in [-0.2, -0.15) is 0 Å². The zero-order valence-corrected chi connectivity index (χ0v) is 12.4. The van der Waals surface area contributed by atoms with E-state index in [0.29, 0.717) is 18.8 Å². The van der Waals surface area contributed by atoms with Crippen LogP contribution in [0.1, 0.15) is 24.8 Å². The Morgan fingerprint density at radius 2 is 2.00 bits per heavy atom. The predicted octanol–water partition coefficient (Wildman–Crippen LogP) is 1.30. The molecule has 1 aromatic carbocycles. The molecule has 2 rings (SSSR count). The van der Waals surface area contributed by atoms with Crippen LogP contribution in [0.4, 0.5) is 5.69 Å². The minimum atomic E-state index is -0.0167. The predicted molar refractivity (Wildman–Crippen MR) is 83.1 cm³/mol. The van der Waals surface area contributed by atoms with Gasteiger partial charge in [-0.05, 0) is 49.5 Å². The van der Waals surface area contributed by atoms with Gasteiger partial charge in [0.1, 0.15) is 0 Å². The van der Waals surface area contributed by atoms with E-state index in [1.165, 1.54) is 6.42 Å². The second-order valence-corrected chi connectivity index (χ2v) is 5.49. The first kappa shape index (κ1) is 15.5. The maximum absolute atomic E-state index is 11.9. The summed E-state index contributed by atoms with van der Waals surface area (Å²) in [7, 11) is 1.62. The molecule has 0 aromatic heterocycles. The Balaban J connectivity index is 1.76. The molecule has 1 heterocycles. The smallest absolute Gasteiger partial charge is 0.224 e. The van der Waals surface area contributed by atoms with Crippen molar-refractivity contribution in [2.75, 3.05) is 25.5 Å². The van der Waals surface area contributed by atoms with Crippen LogP contribution in [-0.4, -0.2) is 32.0 Å². The lowest BCUT2D eigenvalue weighted by atomic mass is 10.0. The first-order valence-electron chi connectivity index (χ1n) is 7.47. The van der Waals surface area contributed by atoms with E-state index in [1.54, 1.807) is 7.05 Å². The topological polar surface area (TPSA) is 70.2 Å².